The van der Waals surface area contributed by atoms with Gasteiger partial charge in [0, 0.05) is 17.3 Å². The van der Waals surface area contributed by atoms with Crippen molar-refractivity contribution in [3.63, 3.8) is 0 Å². The van der Waals surface area contributed by atoms with Crippen LogP contribution in [0.25, 0.3) is 0 Å². The Bertz CT molecular complexity index is 648. The number of aryl methyl sites for hydroxylation is 1. The summed E-state index contributed by atoms with van der Waals surface area (Å²) in [7, 11) is 0. The van der Waals surface area contributed by atoms with E-state index in [1.54, 1.807) is 18.2 Å². The number of anilines is 2. The van der Waals surface area contributed by atoms with Crippen LogP contribution in [0.1, 0.15) is 29.1 Å². The van der Waals surface area contributed by atoms with E-state index in [4.69, 9.17) is 0 Å². The highest BCUT2D eigenvalue weighted by Gasteiger charge is 2.10. The largest absolute Gasteiger partial charge is 0.326 e. The molecule has 0 aliphatic rings. The minimum absolute atomic E-state index is 0.0234. The summed E-state index contributed by atoms with van der Waals surface area (Å²) in [6, 6.07) is 9.07. The van der Waals surface area contributed by atoms with Gasteiger partial charge in [0.05, 0.1) is 4.88 Å². The Balaban J connectivity index is 2.09. The van der Waals surface area contributed by atoms with E-state index in [-0.39, 0.29) is 17.7 Å². The van der Waals surface area contributed by atoms with Crippen LogP contribution in [-0.2, 0) is 4.79 Å². The third-order valence-corrected chi connectivity index (χ3v) is 3.88. The minimum Gasteiger partial charge on any atom is -0.326 e. The fourth-order valence-electron chi connectivity index (χ4n) is 1.76. The molecule has 1 aromatic heterocycles. The monoisotopic (exact) mass is 302 g/mol. The number of rotatable bonds is 4. The van der Waals surface area contributed by atoms with E-state index < -0.39 is 0 Å². The first-order valence-electron chi connectivity index (χ1n) is 6.73. The second kappa shape index (κ2) is 6.54. The van der Waals surface area contributed by atoms with Crippen molar-refractivity contribution in [2.45, 2.75) is 20.8 Å². The Morgan fingerprint density at radius 2 is 1.90 bits per heavy atom. The molecule has 1 heterocycles. The highest BCUT2D eigenvalue weighted by molar-refractivity contribution is 7.12. The van der Waals surface area contributed by atoms with Crippen molar-refractivity contribution >= 4 is 34.5 Å². The standard InChI is InChI=1S/C16H18N2O2S/c1-10(2)15(19)17-12-6-7-13(11(3)9-12)18-16(20)14-5-4-8-21-14/h4-10H,1-3H3,(H,17,19)(H,18,20). The first-order chi connectivity index (χ1) is 9.97. The maximum Gasteiger partial charge on any atom is 0.265 e. The van der Waals surface area contributed by atoms with Crippen LogP contribution in [0.5, 0.6) is 0 Å². The van der Waals surface area contributed by atoms with Crippen molar-refractivity contribution in [1.29, 1.82) is 0 Å². The normalized spacial score (nSPS) is 10.5. The molecule has 2 amide bonds. The summed E-state index contributed by atoms with van der Waals surface area (Å²) in [4.78, 5) is 24.3. The van der Waals surface area contributed by atoms with E-state index in [9.17, 15) is 9.59 Å². The summed E-state index contributed by atoms with van der Waals surface area (Å²) in [5, 5.41) is 7.58. The third kappa shape index (κ3) is 3.92. The van der Waals surface area contributed by atoms with Gasteiger partial charge in [-0.1, -0.05) is 19.9 Å². The number of nitrogens with one attached hydrogen (secondary N) is 2. The lowest BCUT2D eigenvalue weighted by molar-refractivity contribution is -0.118. The molecule has 2 N–H and O–H groups in total. The number of benzene rings is 1. The first kappa shape index (κ1) is 15.3. The molecule has 2 aromatic rings. The molecule has 110 valence electrons. The highest BCUT2D eigenvalue weighted by Crippen LogP contribution is 2.21. The molecule has 0 aliphatic heterocycles. The van der Waals surface area contributed by atoms with Gasteiger partial charge in [0.15, 0.2) is 0 Å². The van der Waals surface area contributed by atoms with E-state index in [1.807, 2.05) is 38.3 Å². The third-order valence-electron chi connectivity index (χ3n) is 3.01. The fraction of sp³-hybridized carbons (Fsp3) is 0.250. The van der Waals surface area contributed by atoms with Gasteiger partial charge in [-0.2, -0.15) is 0 Å². The van der Waals surface area contributed by atoms with Crippen LogP contribution in [0, 0.1) is 12.8 Å². The molecule has 5 heteroatoms. The molecule has 2 rings (SSSR count). The molecule has 0 unspecified atom stereocenters. The van der Waals surface area contributed by atoms with Crippen molar-refractivity contribution in [3.05, 3.63) is 46.2 Å². The molecular formula is C16H18N2O2S. The molecular weight excluding hydrogens is 284 g/mol. The van der Waals surface area contributed by atoms with Crippen molar-refractivity contribution in [2.75, 3.05) is 10.6 Å². The van der Waals surface area contributed by atoms with Gasteiger partial charge in [-0.15, -0.1) is 11.3 Å². The lowest BCUT2D eigenvalue weighted by Gasteiger charge is -2.12. The molecule has 0 spiro atoms. The number of carbonyl (C=O) groups is 2. The Labute approximate surface area is 128 Å². The Kier molecular flexibility index (Phi) is 4.75. The second-order valence-electron chi connectivity index (χ2n) is 5.11. The predicted octanol–water partition coefficient (Wildman–Crippen LogP) is 3.90. The maximum absolute atomic E-state index is 12.0. The Morgan fingerprint density at radius 1 is 1.14 bits per heavy atom. The molecule has 21 heavy (non-hydrogen) atoms. The number of hydrogen-bond donors (Lipinski definition) is 2. The highest BCUT2D eigenvalue weighted by atomic mass is 32.1. The van der Waals surface area contributed by atoms with Gasteiger partial charge in [0.1, 0.15) is 0 Å². The maximum atomic E-state index is 12.0. The van der Waals surface area contributed by atoms with E-state index >= 15 is 0 Å². The number of thiophene rings is 1. The van der Waals surface area contributed by atoms with Gasteiger partial charge in [-0.05, 0) is 42.1 Å². The number of hydrogen-bond acceptors (Lipinski definition) is 3. The van der Waals surface area contributed by atoms with E-state index in [0.717, 1.165) is 16.9 Å². The van der Waals surface area contributed by atoms with Gasteiger partial charge in [0.2, 0.25) is 5.91 Å². The minimum atomic E-state index is -0.118. The average molecular weight is 302 g/mol. The van der Waals surface area contributed by atoms with Gasteiger partial charge >= 0.3 is 0 Å². The number of carbonyl (C=O) groups excluding carboxylic acids is 2. The average Bonchev–Trinajstić information content (AvgIpc) is 2.95. The first-order valence-corrected chi connectivity index (χ1v) is 7.61. The molecule has 0 aliphatic carbocycles. The summed E-state index contributed by atoms with van der Waals surface area (Å²) < 4.78 is 0. The number of amides is 2. The van der Waals surface area contributed by atoms with Crippen LogP contribution in [0.2, 0.25) is 0 Å². The van der Waals surface area contributed by atoms with Crippen molar-refractivity contribution < 1.29 is 9.59 Å². The van der Waals surface area contributed by atoms with Crippen LogP contribution in [0.3, 0.4) is 0 Å². The van der Waals surface area contributed by atoms with Gasteiger partial charge < -0.3 is 10.6 Å². The zero-order valence-corrected chi connectivity index (χ0v) is 13.1. The summed E-state index contributed by atoms with van der Waals surface area (Å²) in [5.41, 5.74) is 2.39. The van der Waals surface area contributed by atoms with Crippen molar-refractivity contribution in [1.82, 2.24) is 0 Å². The Hall–Kier alpha value is -2.14. The molecule has 0 bridgehead atoms. The van der Waals surface area contributed by atoms with Crippen LogP contribution in [-0.4, -0.2) is 11.8 Å². The molecule has 0 fully saturated rings. The molecule has 0 radical (unpaired) electrons. The lowest BCUT2D eigenvalue weighted by atomic mass is 10.1. The van der Waals surface area contributed by atoms with Crippen LogP contribution >= 0.6 is 11.3 Å². The molecule has 4 nitrogen and oxygen atoms in total. The summed E-state index contributed by atoms with van der Waals surface area (Å²) >= 11 is 1.40. The van der Waals surface area contributed by atoms with E-state index in [0.29, 0.717) is 4.88 Å². The zero-order valence-electron chi connectivity index (χ0n) is 12.3. The SMILES string of the molecule is Cc1cc(NC(=O)C(C)C)ccc1NC(=O)c1cccs1. The van der Waals surface area contributed by atoms with Gasteiger partial charge in [-0.3, -0.25) is 9.59 Å². The molecule has 1 aromatic carbocycles. The predicted molar refractivity (Wildman–Crippen MR) is 86.9 cm³/mol. The van der Waals surface area contributed by atoms with E-state index in [2.05, 4.69) is 10.6 Å². The summed E-state index contributed by atoms with van der Waals surface area (Å²) in [6.07, 6.45) is 0. The fourth-order valence-corrected chi connectivity index (χ4v) is 2.38. The van der Waals surface area contributed by atoms with E-state index in [1.165, 1.54) is 11.3 Å². The summed E-state index contributed by atoms with van der Waals surface area (Å²) in [5.74, 6) is -0.208. The smallest absolute Gasteiger partial charge is 0.265 e. The lowest BCUT2D eigenvalue weighted by Crippen LogP contribution is -2.18. The van der Waals surface area contributed by atoms with Crippen LogP contribution < -0.4 is 10.6 Å². The van der Waals surface area contributed by atoms with Crippen molar-refractivity contribution in [3.8, 4) is 0 Å². The quantitative estimate of drug-likeness (QED) is 0.899. The Morgan fingerprint density at radius 3 is 2.48 bits per heavy atom. The van der Waals surface area contributed by atoms with Gasteiger partial charge in [-0.25, -0.2) is 0 Å². The topological polar surface area (TPSA) is 58.2 Å². The summed E-state index contributed by atoms with van der Waals surface area (Å²) in [6.45, 7) is 5.59. The molecule has 0 saturated heterocycles. The van der Waals surface area contributed by atoms with Crippen LogP contribution in [0.4, 0.5) is 11.4 Å². The van der Waals surface area contributed by atoms with Crippen molar-refractivity contribution in [2.24, 2.45) is 5.92 Å². The second-order valence-corrected chi connectivity index (χ2v) is 6.05. The molecule has 0 atom stereocenters. The van der Waals surface area contributed by atoms with Gasteiger partial charge in [0.25, 0.3) is 5.91 Å². The van der Waals surface area contributed by atoms with Crippen LogP contribution in [0.15, 0.2) is 35.7 Å². The zero-order chi connectivity index (χ0) is 15.4. The molecule has 0 saturated carbocycles.